The third kappa shape index (κ3) is 4.33. The maximum absolute atomic E-state index is 13.6. The summed E-state index contributed by atoms with van der Waals surface area (Å²) in [5.74, 6) is -0.448. The molecular formula is C22H25ClN2O5S. The quantitative estimate of drug-likeness (QED) is 0.581. The molecule has 0 bridgehead atoms. The van der Waals surface area contributed by atoms with Crippen molar-refractivity contribution in [1.82, 2.24) is 4.31 Å². The summed E-state index contributed by atoms with van der Waals surface area (Å²) in [4.78, 5) is 27.2. The summed E-state index contributed by atoms with van der Waals surface area (Å²) in [7, 11) is -2.57. The highest BCUT2D eigenvalue weighted by molar-refractivity contribution is 7.89. The van der Waals surface area contributed by atoms with Crippen LogP contribution in [0.4, 0.5) is 5.69 Å². The van der Waals surface area contributed by atoms with E-state index in [0.29, 0.717) is 22.9 Å². The van der Waals surface area contributed by atoms with Gasteiger partial charge in [-0.15, -0.1) is 0 Å². The molecule has 7 nitrogen and oxygen atoms in total. The van der Waals surface area contributed by atoms with E-state index in [9.17, 15) is 18.0 Å². The Labute approximate surface area is 187 Å². The number of sulfonamides is 1. The monoisotopic (exact) mass is 464 g/mol. The molecule has 166 valence electrons. The number of rotatable bonds is 7. The van der Waals surface area contributed by atoms with E-state index in [1.54, 1.807) is 38.1 Å². The Morgan fingerprint density at radius 2 is 1.68 bits per heavy atom. The molecule has 1 aliphatic rings. The van der Waals surface area contributed by atoms with Crippen LogP contribution in [0.3, 0.4) is 0 Å². The molecular weight excluding hydrogens is 440 g/mol. The van der Waals surface area contributed by atoms with Crippen LogP contribution >= 0.6 is 11.6 Å². The summed E-state index contributed by atoms with van der Waals surface area (Å²) in [6.07, 6.45) is 0.210. The van der Waals surface area contributed by atoms with E-state index in [2.05, 4.69) is 0 Å². The summed E-state index contributed by atoms with van der Waals surface area (Å²) in [6, 6.07) is 11.1. The second-order valence-corrected chi connectivity index (χ2v) is 10.2. The summed E-state index contributed by atoms with van der Waals surface area (Å²) in [5, 5.41) is 0.401. The second kappa shape index (κ2) is 8.61. The first-order valence-corrected chi connectivity index (χ1v) is 11.7. The number of hydrogen-bond acceptors (Lipinski definition) is 5. The van der Waals surface area contributed by atoms with Crippen molar-refractivity contribution in [3.8, 4) is 5.75 Å². The molecule has 1 fully saturated rings. The van der Waals surface area contributed by atoms with Crippen molar-refractivity contribution in [2.24, 2.45) is 0 Å². The molecule has 1 aliphatic heterocycles. The fourth-order valence-electron chi connectivity index (χ4n) is 3.59. The number of carbonyl (C=O) groups excluding carboxylic acids is 2. The summed E-state index contributed by atoms with van der Waals surface area (Å²) >= 11 is 5.91. The summed E-state index contributed by atoms with van der Waals surface area (Å²) in [6.45, 7) is 5.33. The molecule has 0 aliphatic carbocycles. The maximum Gasteiger partial charge on any atom is 0.252 e. The standard InChI is InChI=1S/C22H25ClN2O5S/c1-5-22(2,3)25(31(28,29)18-12-6-15(23)7-13-18)19-14-20(26)24(21(19)27)16-8-10-17(30-4)11-9-16/h6-13,19H,5,14H2,1-4H3. The average Bonchev–Trinajstić information content (AvgIpc) is 3.01. The third-order valence-electron chi connectivity index (χ3n) is 5.57. The van der Waals surface area contributed by atoms with E-state index in [1.165, 1.54) is 35.7 Å². The summed E-state index contributed by atoms with van der Waals surface area (Å²) < 4.78 is 33.5. The van der Waals surface area contributed by atoms with Crippen LogP contribution in [0, 0.1) is 0 Å². The highest BCUT2D eigenvalue weighted by Gasteiger charge is 2.51. The molecule has 0 radical (unpaired) electrons. The Kier molecular flexibility index (Phi) is 6.45. The van der Waals surface area contributed by atoms with Crippen LogP contribution in [0.25, 0.3) is 0 Å². The van der Waals surface area contributed by atoms with E-state index in [1.807, 2.05) is 6.92 Å². The van der Waals surface area contributed by atoms with Crippen molar-refractivity contribution in [2.75, 3.05) is 12.0 Å². The lowest BCUT2D eigenvalue weighted by atomic mass is 10.00. The van der Waals surface area contributed by atoms with Crippen LogP contribution in [0.5, 0.6) is 5.75 Å². The molecule has 0 N–H and O–H groups in total. The molecule has 3 rings (SSSR count). The smallest absolute Gasteiger partial charge is 0.252 e. The van der Waals surface area contributed by atoms with Gasteiger partial charge >= 0.3 is 0 Å². The van der Waals surface area contributed by atoms with Gasteiger partial charge in [-0.05, 0) is 68.8 Å². The molecule has 1 unspecified atom stereocenters. The number of nitrogens with zero attached hydrogens (tertiary/aromatic N) is 2. The van der Waals surface area contributed by atoms with Crippen molar-refractivity contribution >= 4 is 39.1 Å². The van der Waals surface area contributed by atoms with Gasteiger partial charge in [-0.3, -0.25) is 9.59 Å². The molecule has 0 spiro atoms. The average molecular weight is 465 g/mol. The second-order valence-electron chi connectivity index (χ2n) is 7.91. The first-order valence-electron chi connectivity index (χ1n) is 9.84. The third-order valence-corrected chi connectivity index (χ3v) is 7.96. The van der Waals surface area contributed by atoms with Gasteiger partial charge in [0.1, 0.15) is 11.8 Å². The minimum absolute atomic E-state index is 0.0153. The molecule has 2 amide bonds. The normalized spacial score (nSPS) is 17.5. The fraction of sp³-hybridized carbons (Fsp3) is 0.364. The van der Waals surface area contributed by atoms with Crippen LogP contribution < -0.4 is 9.64 Å². The number of anilines is 1. The first-order chi connectivity index (χ1) is 14.5. The minimum Gasteiger partial charge on any atom is -0.497 e. The number of methoxy groups -OCH3 is 1. The lowest BCUT2D eigenvalue weighted by Crippen LogP contribution is -2.55. The number of imide groups is 1. The largest absolute Gasteiger partial charge is 0.497 e. The Bertz CT molecular complexity index is 1080. The maximum atomic E-state index is 13.6. The topological polar surface area (TPSA) is 84.0 Å². The highest BCUT2D eigenvalue weighted by Crippen LogP contribution is 2.36. The van der Waals surface area contributed by atoms with Crippen LogP contribution in [-0.4, -0.2) is 43.2 Å². The molecule has 1 atom stereocenters. The van der Waals surface area contributed by atoms with Crippen molar-refractivity contribution in [3.05, 3.63) is 53.6 Å². The number of halogens is 1. The summed E-state index contributed by atoms with van der Waals surface area (Å²) in [5.41, 5.74) is -0.536. The molecule has 2 aromatic rings. The molecule has 2 aromatic carbocycles. The predicted molar refractivity (Wildman–Crippen MR) is 119 cm³/mol. The van der Waals surface area contributed by atoms with Crippen LogP contribution in [0.15, 0.2) is 53.4 Å². The SMILES string of the molecule is CCC(C)(C)N(C1CC(=O)N(c2ccc(OC)cc2)C1=O)S(=O)(=O)c1ccc(Cl)cc1. The van der Waals surface area contributed by atoms with Gasteiger partial charge in [0.2, 0.25) is 15.9 Å². The van der Waals surface area contributed by atoms with Crippen molar-refractivity contribution in [3.63, 3.8) is 0 Å². The fourth-order valence-corrected chi connectivity index (χ4v) is 5.70. The van der Waals surface area contributed by atoms with Crippen molar-refractivity contribution in [2.45, 2.75) is 50.1 Å². The zero-order chi connectivity index (χ0) is 23.0. The van der Waals surface area contributed by atoms with E-state index in [-0.39, 0.29) is 11.3 Å². The molecule has 0 aromatic heterocycles. The Hall–Kier alpha value is -2.42. The van der Waals surface area contributed by atoms with E-state index in [0.717, 1.165) is 4.90 Å². The van der Waals surface area contributed by atoms with Crippen LogP contribution in [0.1, 0.15) is 33.6 Å². The van der Waals surface area contributed by atoms with Crippen LogP contribution in [0.2, 0.25) is 5.02 Å². The molecule has 1 heterocycles. The van der Waals surface area contributed by atoms with Gasteiger partial charge in [0.15, 0.2) is 0 Å². The minimum atomic E-state index is -4.09. The number of carbonyl (C=O) groups is 2. The van der Waals surface area contributed by atoms with E-state index in [4.69, 9.17) is 16.3 Å². The number of hydrogen-bond donors (Lipinski definition) is 0. The Balaban J connectivity index is 2.05. The zero-order valence-corrected chi connectivity index (χ0v) is 19.4. The zero-order valence-electron chi connectivity index (χ0n) is 17.8. The van der Waals surface area contributed by atoms with Gasteiger partial charge in [-0.25, -0.2) is 13.3 Å². The molecule has 1 saturated heterocycles. The Morgan fingerprint density at radius 1 is 1.10 bits per heavy atom. The van der Waals surface area contributed by atoms with Crippen LogP contribution in [-0.2, 0) is 19.6 Å². The van der Waals surface area contributed by atoms with Gasteiger partial charge in [0.05, 0.1) is 24.1 Å². The molecule has 0 saturated carbocycles. The van der Waals surface area contributed by atoms with Gasteiger partial charge in [-0.1, -0.05) is 18.5 Å². The molecule has 9 heteroatoms. The van der Waals surface area contributed by atoms with Gasteiger partial charge in [-0.2, -0.15) is 4.31 Å². The lowest BCUT2D eigenvalue weighted by molar-refractivity contribution is -0.122. The van der Waals surface area contributed by atoms with Crippen molar-refractivity contribution in [1.29, 1.82) is 0 Å². The Morgan fingerprint density at radius 3 is 2.19 bits per heavy atom. The molecule has 31 heavy (non-hydrogen) atoms. The number of ether oxygens (including phenoxy) is 1. The van der Waals surface area contributed by atoms with E-state index >= 15 is 0 Å². The first kappa shape index (κ1) is 23.2. The van der Waals surface area contributed by atoms with Gasteiger partial charge in [0.25, 0.3) is 5.91 Å². The number of amides is 2. The van der Waals surface area contributed by atoms with E-state index < -0.39 is 33.4 Å². The lowest BCUT2D eigenvalue weighted by Gasteiger charge is -2.39. The van der Waals surface area contributed by atoms with Gasteiger partial charge in [0, 0.05) is 10.6 Å². The predicted octanol–water partition coefficient (Wildman–Crippen LogP) is 3.86. The van der Waals surface area contributed by atoms with Gasteiger partial charge < -0.3 is 4.74 Å². The number of benzene rings is 2. The highest BCUT2D eigenvalue weighted by atomic mass is 35.5. The van der Waals surface area contributed by atoms with Crippen molar-refractivity contribution < 1.29 is 22.7 Å².